The van der Waals surface area contributed by atoms with Crippen molar-refractivity contribution in [2.45, 2.75) is 17.9 Å². The van der Waals surface area contributed by atoms with Crippen molar-refractivity contribution in [1.82, 2.24) is 0 Å². The summed E-state index contributed by atoms with van der Waals surface area (Å²) >= 11 is 0. The van der Waals surface area contributed by atoms with E-state index in [1.54, 1.807) is 42.5 Å². The Morgan fingerprint density at radius 2 is 1.48 bits per heavy atom. The first kappa shape index (κ1) is 22.3. The fourth-order valence-corrected chi connectivity index (χ4v) is 4.10. The molecule has 0 spiro atoms. The van der Waals surface area contributed by atoms with Gasteiger partial charge in [-0.3, -0.25) is 14.3 Å². The van der Waals surface area contributed by atoms with E-state index in [4.69, 9.17) is 13.7 Å². The molecule has 3 aromatic carbocycles. The van der Waals surface area contributed by atoms with Gasteiger partial charge in [0.25, 0.3) is 15.8 Å². The molecule has 0 aliphatic carbocycles. The zero-order chi connectivity index (χ0) is 22.6. The lowest BCUT2D eigenvalue weighted by molar-refractivity contribution is -0.386. The van der Waals surface area contributed by atoms with Crippen molar-refractivity contribution in [2.75, 3.05) is 14.2 Å². The summed E-state index contributed by atoms with van der Waals surface area (Å²) in [5.74, 6) is 0.353. The van der Waals surface area contributed by atoms with E-state index in [0.717, 1.165) is 5.56 Å². The largest absolute Gasteiger partial charge is 0.493 e. The van der Waals surface area contributed by atoms with E-state index in [1.807, 2.05) is 6.92 Å². The monoisotopic (exact) mass is 443 g/mol. The Morgan fingerprint density at radius 3 is 2.03 bits per heavy atom. The highest BCUT2D eigenvalue weighted by atomic mass is 32.2. The summed E-state index contributed by atoms with van der Waals surface area (Å²) in [6, 6.07) is 17.1. The Balaban J connectivity index is 2.19. The third kappa shape index (κ3) is 4.84. The van der Waals surface area contributed by atoms with Crippen LogP contribution < -0.4 is 9.47 Å². The van der Waals surface area contributed by atoms with E-state index in [0.29, 0.717) is 5.56 Å². The predicted octanol–water partition coefficient (Wildman–Crippen LogP) is 4.42. The van der Waals surface area contributed by atoms with Crippen LogP contribution in [0.2, 0.25) is 0 Å². The van der Waals surface area contributed by atoms with Gasteiger partial charge in [0.05, 0.1) is 35.7 Å². The Kier molecular flexibility index (Phi) is 6.57. The number of aryl methyl sites for hydroxylation is 1. The molecule has 0 radical (unpaired) electrons. The highest BCUT2D eigenvalue weighted by Gasteiger charge is 2.32. The Hall–Kier alpha value is -3.43. The van der Waals surface area contributed by atoms with Gasteiger partial charge in [-0.15, -0.1) is 0 Å². The topological polar surface area (TPSA) is 105 Å². The molecular weight excluding hydrogens is 422 g/mol. The molecule has 1 atom stereocenters. The van der Waals surface area contributed by atoms with Crippen LogP contribution in [0.3, 0.4) is 0 Å². The van der Waals surface area contributed by atoms with Crippen LogP contribution in [-0.2, 0) is 14.3 Å². The van der Waals surface area contributed by atoms with E-state index in [-0.39, 0.29) is 27.6 Å². The number of nitro benzene ring substituents is 1. The first-order chi connectivity index (χ1) is 14.8. The van der Waals surface area contributed by atoms with Crippen molar-refractivity contribution in [3.8, 4) is 11.5 Å². The maximum atomic E-state index is 13.0. The molecule has 0 aromatic heterocycles. The second kappa shape index (κ2) is 9.15. The van der Waals surface area contributed by atoms with Crippen molar-refractivity contribution >= 4 is 15.8 Å². The van der Waals surface area contributed by atoms with Gasteiger partial charge in [-0.25, -0.2) is 0 Å². The molecule has 31 heavy (non-hydrogen) atoms. The molecular formula is C22H21NO7S. The molecule has 0 N–H and O–H groups in total. The van der Waals surface area contributed by atoms with E-state index in [9.17, 15) is 18.5 Å². The Labute approximate surface area is 180 Å². The highest BCUT2D eigenvalue weighted by molar-refractivity contribution is 7.86. The van der Waals surface area contributed by atoms with Gasteiger partial charge in [0.2, 0.25) is 0 Å². The first-order valence-corrected chi connectivity index (χ1v) is 10.6. The standard InChI is InChI=1S/C22H21NO7S/c1-15-9-11-17(12-10-15)31(26,27)30-22(16-7-5-4-6-8-16)18-13-20(28-2)21(29-3)14-19(18)23(24)25/h4-14,22H,1-3H3. The normalized spacial score (nSPS) is 12.2. The van der Waals surface area contributed by atoms with Gasteiger partial charge in [0.1, 0.15) is 6.10 Å². The molecule has 9 heteroatoms. The first-order valence-electron chi connectivity index (χ1n) is 9.22. The van der Waals surface area contributed by atoms with E-state index < -0.39 is 21.1 Å². The third-order valence-electron chi connectivity index (χ3n) is 4.65. The van der Waals surface area contributed by atoms with Crippen molar-refractivity contribution in [1.29, 1.82) is 0 Å². The van der Waals surface area contributed by atoms with Crippen LogP contribution in [0.1, 0.15) is 22.8 Å². The Morgan fingerprint density at radius 1 is 0.903 bits per heavy atom. The molecule has 0 saturated heterocycles. The van der Waals surface area contributed by atoms with Crippen molar-refractivity contribution in [2.24, 2.45) is 0 Å². The lowest BCUT2D eigenvalue weighted by Gasteiger charge is -2.20. The molecule has 0 bridgehead atoms. The van der Waals surface area contributed by atoms with Crippen LogP contribution >= 0.6 is 0 Å². The number of hydrogen-bond donors (Lipinski definition) is 0. The van der Waals surface area contributed by atoms with Gasteiger partial charge in [-0.2, -0.15) is 8.42 Å². The van der Waals surface area contributed by atoms with Crippen LogP contribution in [0.25, 0.3) is 0 Å². The summed E-state index contributed by atoms with van der Waals surface area (Å²) in [7, 11) is -1.51. The summed E-state index contributed by atoms with van der Waals surface area (Å²) < 4.78 is 42.0. The fourth-order valence-electron chi connectivity index (χ4n) is 3.05. The number of nitro groups is 1. The molecule has 162 valence electrons. The van der Waals surface area contributed by atoms with E-state index >= 15 is 0 Å². The molecule has 3 aromatic rings. The third-order valence-corrected chi connectivity index (χ3v) is 5.94. The van der Waals surface area contributed by atoms with Crippen molar-refractivity contribution < 1.29 is 27.0 Å². The van der Waals surface area contributed by atoms with Gasteiger partial charge in [-0.05, 0) is 30.7 Å². The van der Waals surface area contributed by atoms with Crippen LogP contribution in [0.4, 0.5) is 5.69 Å². The zero-order valence-electron chi connectivity index (χ0n) is 17.1. The molecule has 1 unspecified atom stereocenters. The predicted molar refractivity (Wildman–Crippen MR) is 114 cm³/mol. The maximum absolute atomic E-state index is 13.0. The SMILES string of the molecule is COc1cc(C(OS(=O)(=O)c2ccc(C)cc2)c2ccccc2)c([N+](=O)[O-])cc1OC. The quantitative estimate of drug-likeness (QED) is 0.288. The minimum atomic E-state index is -4.24. The molecule has 0 aliphatic rings. The summed E-state index contributed by atoms with van der Waals surface area (Å²) in [4.78, 5) is 11.1. The van der Waals surface area contributed by atoms with Gasteiger partial charge in [0.15, 0.2) is 11.5 Å². The lowest BCUT2D eigenvalue weighted by Crippen LogP contribution is -2.15. The van der Waals surface area contributed by atoms with E-state index in [2.05, 4.69) is 0 Å². The fraction of sp³-hybridized carbons (Fsp3) is 0.182. The summed E-state index contributed by atoms with van der Waals surface area (Å²) in [5, 5.41) is 11.8. The number of methoxy groups -OCH3 is 2. The lowest BCUT2D eigenvalue weighted by atomic mass is 9.99. The summed E-state index contributed by atoms with van der Waals surface area (Å²) in [6.45, 7) is 1.83. The minimum absolute atomic E-state index is 0.0181. The average Bonchev–Trinajstić information content (AvgIpc) is 2.77. The average molecular weight is 443 g/mol. The molecule has 0 aliphatic heterocycles. The number of ether oxygens (including phenoxy) is 2. The molecule has 3 rings (SSSR count). The molecule has 0 amide bonds. The Bertz CT molecular complexity index is 1180. The van der Waals surface area contributed by atoms with Crippen molar-refractivity contribution in [3.63, 3.8) is 0 Å². The van der Waals surface area contributed by atoms with Crippen molar-refractivity contribution in [3.05, 3.63) is 93.5 Å². The van der Waals surface area contributed by atoms with E-state index in [1.165, 1.54) is 38.5 Å². The van der Waals surface area contributed by atoms with Gasteiger partial charge < -0.3 is 9.47 Å². The van der Waals surface area contributed by atoms with Gasteiger partial charge in [-0.1, -0.05) is 48.0 Å². The smallest absolute Gasteiger partial charge is 0.297 e. The maximum Gasteiger partial charge on any atom is 0.297 e. The highest BCUT2D eigenvalue weighted by Crippen LogP contribution is 2.41. The summed E-state index contributed by atoms with van der Waals surface area (Å²) in [5.41, 5.74) is 0.970. The second-order valence-electron chi connectivity index (χ2n) is 6.68. The summed E-state index contributed by atoms with van der Waals surface area (Å²) in [6.07, 6.45) is -1.28. The number of nitrogens with zero attached hydrogens (tertiary/aromatic N) is 1. The van der Waals surface area contributed by atoms with Crippen LogP contribution in [0.15, 0.2) is 71.6 Å². The molecule has 0 fully saturated rings. The minimum Gasteiger partial charge on any atom is -0.493 e. The van der Waals surface area contributed by atoms with Crippen LogP contribution in [0, 0.1) is 17.0 Å². The van der Waals surface area contributed by atoms with Gasteiger partial charge in [0, 0.05) is 0 Å². The second-order valence-corrected chi connectivity index (χ2v) is 8.25. The zero-order valence-corrected chi connectivity index (χ0v) is 18.0. The molecule has 8 nitrogen and oxygen atoms in total. The number of rotatable bonds is 8. The molecule has 0 saturated carbocycles. The van der Waals surface area contributed by atoms with Crippen LogP contribution in [0.5, 0.6) is 11.5 Å². The number of hydrogen-bond acceptors (Lipinski definition) is 7. The van der Waals surface area contributed by atoms with Crippen LogP contribution in [-0.4, -0.2) is 27.6 Å². The van der Waals surface area contributed by atoms with Gasteiger partial charge >= 0.3 is 0 Å². The molecule has 0 heterocycles. The number of benzene rings is 3.